The van der Waals surface area contributed by atoms with Gasteiger partial charge >= 0.3 is 0 Å². The molecule has 2 N–H and O–H groups in total. The smallest absolute Gasteiger partial charge is 0.138 e. The Hall–Kier alpha value is -0.580. The van der Waals surface area contributed by atoms with Crippen LogP contribution in [0.4, 0.5) is 0 Å². The third-order valence-electron chi connectivity index (χ3n) is 1.99. The average molecular weight is 288 g/mol. The van der Waals surface area contributed by atoms with Crippen molar-refractivity contribution < 1.29 is 9.84 Å². The van der Waals surface area contributed by atoms with Crippen molar-refractivity contribution >= 4 is 15.9 Å². The Morgan fingerprint density at radius 3 is 2.69 bits per heavy atom. The number of rotatable bonds is 5. The Labute approximate surface area is 105 Å². The molecule has 0 saturated carbocycles. The van der Waals surface area contributed by atoms with Crippen molar-refractivity contribution in [1.29, 1.82) is 0 Å². The molecule has 0 radical (unpaired) electrons. The molecule has 90 valence electrons. The Morgan fingerprint density at radius 1 is 1.44 bits per heavy atom. The normalized spacial score (nSPS) is 11.6. The maximum atomic E-state index is 9.63. The average Bonchev–Trinajstić information content (AvgIpc) is 2.15. The number of halogens is 1. The van der Waals surface area contributed by atoms with E-state index in [1.807, 2.05) is 25.2 Å². The van der Waals surface area contributed by atoms with E-state index in [0.29, 0.717) is 0 Å². The molecule has 0 saturated heterocycles. The highest BCUT2D eigenvalue weighted by atomic mass is 79.9. The molecule has 0 bridgehead atoms. The second kappa shape index (κ2) is 5.66. The summed E-state index contributed by atoms with van der Waals surface area (Å²) in [5.74, 6) is 0.791. The zero-order chi connectivity index (χ0) is 12.2. The molecule has 1 aromatic rings. The van der Waals surface area contributed by atoms with Crippen molar-refractivity contribution in [2.24, 2.45) is 0 Å². The number of para-hydroxylation sites is 1. The molecular formula is C12H18BrNO2. The summed E-state index contributed by atoms with van der Waals surface area (Å²) in [4.78, 5) is 0. The lowest BCUT2D eigenvalue weighted by Gasteiger charge is -2.20. The van der Waals surface area contributed by atoms with Crippen LogP contribution in [0.25, 0.3) is 0 Å². The van der Waals surface area contributed by atoms with Crippen molar-refractivity contribution in [3.8, 4) is 5.75 Å². The van der Waals surface area contributed by atoms with E-state index in [2.05, 4.69) is 21.2 Å². The third-order valence-corrected chi connectivity index (χ3v) is 2.61. The maximum Gasteiger partial charge on any atom is 0.138 e. The number of hydrogen-bond acceptors (Lipinski definition) is 3. The molecule has 0 aliphatic rings. The molecule has 1 aromatic carbocycles. The van der Waals surface area contributed by atoms with Crippen LogP contribution >= 0.6 is 15.9 Å². The second-order valence-corrected chi connectivity index (χ2v) is 5.21. The zero-order valence-electron chi connectivity index (χ0n) is 9.88. The zero-order valence-corrected chi connectivity index (χ0v) is 11.5. The lowest BCUT2D eigenvalue weighted by Crippen LogP contribution is -2.28. The van der Waals surface area contributed by atoms with Crippen LogP contribution in [-0.2, 0) is 6.54 Å². The molecule has 0 atom stereocenters. The van der Waals surface area contributed by atoms with Crippen molar-refractivity contribution in [3.05, 3.63) is 28.2 Å². The first-order valence-electron chi connectivity index (χ1n) is 5.21. The van der Waals surface area contributed by atoms with Gasteiger partial charge in [0.2, 0.25) is 0 Å². The Bertz CT molecular complexity index is 347. The minimum absolute atomic E-state index is 0.270. The van der Waals surface area contributed by atoms with Crippen LogP contribution in [0.1, 0.15) is 19.4 Å². The largest absolute Gasteiger partial charge is 0.489 e. The standard InChI is InChI=1S/C12H18BrNO2/c1-12(2,15)8-16-11-9(7-14-3)5-4-6-10(11)13/h4-6,14-15H,7-8H2,1-3H3. The van der Waals surface area contributed by atoms with Gasteiger partial charge in [-0.3, -0.25) is 0 Å². The Morgan fingerprint density at radius 2 is 2.12 bits per heavy atom. The molecule has 4 heteroatoms. The van der Waals surface area contributed by atoms with E-state index in [1.54, 1.807) is 13.8 Å². The van der Waals surface area contributed by atoms with Gasteiger partial charge < -0.3 is 15.2 Å². The van der Waals surface area contributed by atoms with E-state index in [4.69, 9.17) is 4.74 Å². The number of ether oxygens (including phenoxy) is 1. The molecule has 0 aromatic heterocycles. The summed E-state index contributed by atoms with van der Waals surface area (Å²) in [7, 11) is 1.89. The molecular weight excluding hydrogens is 270 g/mol. The van der Waals surface area contributed by atoms with Gasteiger partial charge in [-0.1, -0.05) is 12.1 Å². The van der Waals surface area contributed by atoms with Gasteiger partial charge in [-0.05, 0) is 42.9 Å². The molecule has 0 unspecified atom stereocenters. The van der Waals surface area contributed by atoms with Crippen molar-refractivity contribution in [2.45, 2.75) is 26.0 Å². The molecule has 0 spiro atoms. The van der Waals surface area contributed by atoms with Crippen molar-refractivity contribution in [2.75, 3.05) is 13.7 Å². The molecule has 0 heterocycles. The maximum absolute atomic E-state index is 9.63. The van der Waals surface area contributed by atoms with Crippen LogP contribution < -0.4 is 10.1 Å². The van der Waals surface area contributed by atoms with E-state index in [0.717, 1.165) is 22.3 Å². The van der Waals surface area contributed by atoms with Crippen molar-refractivity contribution in [3.63, 3.8) is 0 Å². The molecule has 0 aliphatic heterocycles. The van der Waals surface area contributed by atoms with Gasteiger partial charge in [0.25, 0.3) is 0 Å². The Kier molecular flexibility index (Phi) is 4.77. The fourth-order valence-electron chi connectivity index (χ4n) is 1.29. The van der Waals surface area contributed by atoms with Crippen LogP contribution in [0.2, 0.25) is 0 Å². The molecule has 0 amide bonds. The minimum Gasteiger partial charge on any atom is -0.489 e. The lowest BCUT2D eigenvalue weighted by atomic mass is 10.1. The lowest BCUT2D eigenvalue weighted by molar-refractivity contribution is 0.0278. The quantitative estimate of drug-likeness (QED) is 0.873. The summed E-state index contributed by atoms with van der Waals surface area (Å²) in [6, 6.07) is 5.90. The van der Waals surface area contributed by atoms with Crippen LogP contribution in [0, 0.1) is 0 Å². The summed E-state index contributed by atoms with van der Waals surface area (Å²) in [5.41, 5.74) is 0.243. The highest BCUT2D eigenvalue weighted by Gasteiger charge is 2.16. The first kappa shape index (κ1) is 13.5. The Balaban J connectivity index is 2.84. The molecule has 0 aliphatic carbocycles. The first-order chi connectivity index (χ1) is 7.44. The molecule has 3 nitrogen and oxygen atoms in total. The van der Waals surface area contributed by atoms with Crippen LogP contribution in [0.15, 0.2) is 22.7 Å². The van der Waals surface area contributed by atoms with Crippen LogP contribution in [-0.4, -0.2) is 24.4 Å². The predicted molar refractivity (Wildman–Crippen MR) is 68.7 cm³/mol. The van der Waals surface area contributed by atoms with Crippen LogP contribution in [0.3, 0.4) is 0 Å². The fraction of sp³-hybridized carbons (Fsp3) is 0.500. The second-order valence-electron chi connectivity index (χ2n) is 4.36. The van der Waals surface area contributed by atoms with Gasteiger partial charge in [0.05, 0.1) is 10.1 Å². The minimum atomic E-state index is -0.827. The van der Waals surface area contributed by atoms with E-state index in [-0.39, 0.29) is 6.61 Å². The topological polar surface area (TPSA) is 41.5 Å². The number of aliphatic hydroxyl groups is 1. The van der Waals surface area contributed by atoms with Gasteiger partial charge in [0.15, 0.2) is 0 Å². The summed E-state index contributed by atoms with van der Waals surface area (Å²) in [6.45, 7) is 4.45. The summed E-state index contributed by atoms with van der Waals surface area (Å²) >= 11 is 3.45. The molecule has 0 fully saturated rings. The van der Waals surface area contributed by atoms with Gasteiger partial charge in [0, 0.05) is 12.1 Å². The van der Waals surface area contributed by atoms with Gasteiger partial charge in [0.1, 0.15) is 12.4 Å². The SMILES string of the molecule is CNCc1cccc(Br)c1OCC(C)(C)O. The molecule has 1 rings (SSSR count). The van der Waals surface area contributed by atoms with E-state index >= 15 is 0 Å². The van der Waals surface area contributed by atoms with E-state index < -0.39 is 5.60 Å². The third kappa shape index (κ3) is 4.12. The first-order valence-corrected chi connectivity index (χ1v) is 6.00. The van der Waals surface area contributed by atoms with Crippen LogP contribution in [0.5, 0.6) is 5.75 Å². The predicted octanol–water partition coefficient (Wildman–Crippen LogP) is 2.32. The number of nitrogens with one attached hydrogen (secondary N) is 1. The highest BCUT2D eigenvalue weighted by Crippen LogP contribution is 2.29. The van der Waals surface area contributed by atoms with E-state index in [1.165, 1.54) is 0 Å². The van der Waals surface area contributed by atoms with Gasteiger partial charge in [-0.2, -0.15) is 0 Å². The number of hydrogen-bond donors (Lipinski definition) is 2. The molecule has 16 heavy (non-hydrogen) atoms. The summed E-state index contributed by atoms with van der Waals surface area (Å²) in [5, 5.41) is 12.7. The van der Waals surface area contributed by atoms with Gasteiger partial charge in [-0.25, -0.2) is 0 Å². The van der Waals surface area contributed by atoms with E-state index in [9.17, 15) is 5.11 Å². The monoisotopic (exact) mass is 287 g/mol. The van der Waals surface area contributed by atoms with Crippen molar-refractivity contribution in [1.82, 2.24) is 5.32 Å². The fourth-order valence-corrected chi connectivity index (χ4v) is 1.82. The number of benzene rings is 1. The summed E-state index contributed by atoms with van der Waals surface area (Å²) < 4.78 is 6.55. The highest BCUT2D eigenvalue weighted by molar-refractivity contribution is 9.10. The summed E-state index contributed by atoms with van der Waals surface area (Å²) in [6.07, 6.45) is 0. The van der Waals surface area contributed by atoms with Gasteiger partial charge in [-0.15, -0.1) is 0 Å².